The number of hydrogen-bond acceptors (Lipinski definition) is 2. The fourth-order valence-corrected chi connectivity index (χ4v) is 0.917. The molecule has 1 rings (SSSR count). The molecule has 0 bridgehead atoms. The first kappa shape index (κ1) is 9.51. The van der Waals surface area contributed by atoms with E-state index in [1.54, 1.807) is 10.6 Å². The molecule has 0 spiro atoms. The topological polar surface area (TPSA) is 46.4 Å². The van der Waals surface area contributed by atoms with Gasteiger partial charge in [0.25, 0.3) is 5.91 Å². The molecule has 0 aliphatic rings. The van der Waals surface area contributed by atoms with Crippen LogP contribution in [0, 0.1) is 0 Å². The number of hydrogen-bond donors (Lipinski definition) is 1. The predicted molar refractivity (Wildman–Crippen MR) is 51.7 cm³/mol. The van der Waals surface area contributed by atoms with Gasteiger partial charge in [0.05, 0.1) is 0 Å². The number of aryl methyl sites for hydroxylation is 1. The van der Waals surface area contributed by atoms with Crippen molar-refractivity contribution in [3.05, 3.63) is 24.0 Å². The molecule has 70 valence electrons. The summed E-state index contributed by atoms with van der Waals surface area (Å²) < 4.78 is 1.75. The fourth-order valence-electron chi connectivity index (χ4n) is 0.917. The third-order valence-electron chi connectivity index (χ3n) is 1.56. The van der Waals surface area contributed by atoms with Crippen molar-refractivity contribution in [3.63, 3.8) is 0 Å². The lowest BCUT2D eigenvalue weighted by molar-refractivity contribution is 0.0946. The van der Waals surface area contributed by atoms with E-state index >= 15 is 0 Å². The summed E-state index contributed by atoms with van der Waals surface area (Å²) >= 11 is 0. The van der Waals surface area contributed by atoms with Crippen LogP contribution in [0.5, 0.6) is 0 Å². The van der Waals surface area contributed by atoms with Crippen molar-refractivity contribution in [2.75, 3.05) is 0 Å². The quantitative estimate of drug-likeness (QED) is 0.537. The van der Waals surface area contributed by atoms with E-state index in [9.17, 15) is 4.79 Å². The first-order valence-corrected chi connectivity index (χ1v) is 4.04. The number of hydrazone groups is 1. The zero-order chi connectivity index (χ0) is 9.84. The molecule has 1 aromatic heterocycles. The van der Waals surface area contributed by atoms with Gasteiger partial charge in [-0.05, 0) is 26.0 Å². The minimum Gasteiger partial charge on any atom is -0.347 e. The smallest absolute Gasteiger partial charge is 0.287 e. The summed E-state index contributed by atoms with van der Waals surface area (Å²) in [6, 6.07) is 3.56. The number of nitrogens with one attached hydrogen (secondary N) is 1. The Morgan fingerprint density at radius 3 is 2.69 bits per heavy atom. The highest BCUT2D eigenvalue weighted by Gasteiger charge is 2.06. The summed E-state index contributed by atoms with van der Waals surface area (Å²) in [5, 5.41) is 3.83. The van der Waals surface area contributed by atoms with Gasteiger partial charge in [-0.15, -0.1) is 0 Å². The van der Waals surface area contributed by atoms with Crippen LogP contribution in [0.3, 0.4) is 0 Å². The molecule has 0 saturated heterocycles. The average Bonchev–Trinajstić information content (AvgIpc) is 2.47. The van der Waals surface area contributed by atoms with Crippen molar-refractivity contribution >= 4 is 11.6 Å². The zero-order valence-electron chi connectivity index (χ0n) is 8.03. The molecule has 0 radical (unpaired) electrons. The van der Waals surface area contributed by atoms with Crippen LogP contribution in [-0.2, 0) is 7.05 Å². The molecule has 0 aromatic carbocycles. The SMILES string of the molecule is CC(C)=NNC(=O)c1cccn1C. The number of rotatable bonds is 2. The lowest BCUT2D eigenvalue weighted by Gasteiger charge is -2.01. The van der Waals surface area contributed by atoms with Gasteiger partial charge in [-0.3, -0.25) is 4.79 Å². The molecule has 4 nitrogen and oxygen atoms in total. The summed E-state index contributed by atoms with van der Waals surface area (Å²) in [5.74, 6) is -0.186. The van der Waals surface area contributed by atoms with Crippen molar-refractivity contribution in [2.45, 2.75) is 13.8 Å². The Hall–Kier alpha value is -1.58. The van der Waals surface area contributed by atoms with E-state index in [0.29, 0.717) is 5.69 Å². The third-order valence-corrected chi connectivity index (χ3v) is 1.56. The number of amides is 1. The highest BCUT2D eigenvalue weighted by atomic mass is 16.2. The number of carbonyl (C=O) groups excluding carboxylic acids is 1. The number of carbonyl (C=O) groups is 1. The van der Waals surface area contributed by atoms with Crippen LogP contribution in [0.25, 0.3) is 0 Å². The van der Waals surface area contributed by atoms with Gasteiger partial charge in [-0.1, -0.05) is 0 Å². The van der Waals surface area contributed by atoms with Crippen LogP contribution >= 0.6 is 0 Å². The molecule has 0 atom stereocenters. The largest absolute Gasteiger partial charge is 0.347 e. The van der Waals surface area contributed by atoms with E-state index in [0.717, 1.165) is 5.71 Å². The molecule has 0 saturated carbocycles. The van der Waals surface area contributed by atoms with E-state index in [1.807, 2.05) is 33.2 Å². The maximum Gasteiger partial charge on any atom is 0.287 e. The Kier molecular flexibility index (Phi) is 2.84. The Morgan fingerprint density at radius 2 is 2.23 bits per heavy atom. The van der Waals surface area contributed by atoms with Crippen molar-refractivity contribution in [1.29, 1.82) is 0 Å². The molecule has 1 N–H and O–H groups in total. The maximum absolute atomic E-state index is 11.4. The molecule has 1 heterocycles. The van der Waals surface area contributed by atoms with Crippen molar-refractivity contribution in [1.82, 2.24) is 9.99 Å². The van der Waals surface area contributed by atoms with Crippen LogP contribution in [-0.4, -0.2) is 16.2 Å². The molecular formula is C9H13N3O. The Balaban J connectivity index is 2.70. The normalized spacial score (nSPS) is 9.46. The van der Waals surface area contributed by atoms with Gasteiger partial charge in [0.2, 0.25) is 0 Å². The van der Waals surface area contributed by atoms with Gasteiger partial charge < -0.3 is 4.57 Å². The van der Waals surface area contributed by atoms with Gasteiger partial charge >= 0.3 is 0 Å². The van der Waals surface area contributed by atoms with Gasteiger partial charge in [0, 0.05) is 19.0 Å². The first-order chi connectivity index (χ1) is 6.11. The highest BCUT2D eigenvalue weighted by Crippen LogP contribution is 1.98. The molecule has 0 unspecified atom stereocenters. The maximum atomic E-state index is 11.4. The molecule has 4 heteroatoms. The van der Waals surface area contributed by atoms with Crippen LogP contribution in [0.4, 0.5) is 0 Å². The van der Waals surface area contributed by atoms with Crippen LogP contribution in [0.1, 0.15) is 24.3 Å². The second kappa shape index (κ2) is 3.89. The summed E-state index contributed by atoms with van der Waals surface area (Å²) in [7, 11) is 1.82. The van der Waals surface area contributed by atoms with Crippen LogP contribution in [0.15, 0.2) is 23.4 Å². The number of aromatic nitrogens is 1. The zero-order valence-corrected chi connectivity index (χ0v) is 8.03. The van der Waals surface area contributed by atoms with Crippen molar-refractivity contribution in [3.8, 4) is 0 Å². The Bertz CT molecular complexity index is 334. The Morgan fingerprint density at radius 1 is 1.54 bits per heavy atom. The van der Waals surface area contributed by atoms with E-state index in [2.05, 4.69) is 10.5 Å². The van der Waals surface area contributed by atoms with Gasteiger partial charge in [-0.25, -0.2) is 5.43 Å². The average molecular weight is 179 g/mol. The van der Waals surface area contributed by atoms with E-state index in [-0.39, 0.29) is 5.91 Å². The molecule has 0 fully saturated rings. The van der Waals surface area contributed by atoms with Crippen molar-refractivity contribution in [2.24, 2.45) is 12.1 Å². The molecule has 0 aliphatic heterocycles. The van der Waals surface area contributed by atoms with E-state index in [4.69, 9.17) is 0 Å². The van der Waals surface area contributed by atoms with Gasteiger partial charge in [0.1, 0.15) is 5.69 Å². The van der Waals surface area contributed by atoms with Gasteiger partial charge in [0.15, 0.2) is 0 Å². The summed E-state index contributed by atoms with van der Waals surface area (Å²) in [6.07, 6.45) is 1.82. The first-order valence-electron chi connectivity index (χ1n) is 4.04. The molecule has 1 amide bonds. The molecular weight excluding hydrogens is 166 g/mol. The lowest BCUT2D eigenvalue weighted by atomic mass is 10.4. The molecule has 13 heavy (non-hydrogen) atoms. The molecule has 1 aromatic rings. The van der Waals surface area contributed by atoms with E-state index < -0.39 is 0 Å². The predicted octanol–water partition coefficient (Wildman–Crippen LogP) is 1.15. The fraction of sp³-hybridized carbons (Fsp3) is 0.333. The minimum absolute atomic E-state index is 0.186. The van der Waals surface area contributed by atoms with E-state index in [1.165, 1.54) is 0 Å². The monoisotopic (exact) mass is 179 g/mol. The Labute approximate surface area is 77.3 Å². The second-order valence-electron chi connectivity index (χ2n) is 3.00. The lowest BCUT2D eigenvalue weighted by Crippen LogP contribution is -2.20. The molecule has 0 aliphatic carbocycles. The summed E-state index contributed by atoms with van der Waals surface area (Å²) in [5.41, 5.74) is 3.88. The number of nitrogens with zero attached hydrogens (tertiary/aromatic N) is 2. The third kappa shape index (κ3) is 2.43. The highest BCUT2D eigenvalue weighted by molar-refractivity contribution is 5.93. The standard InChI is InChI=1S/C9H13N3O/c1-7(2)10-11-9(13)8-5-4-6-12(8)3/h4-6H,1-3H3,(H,11,13). The van der Waals surface area contributed by atoms with Crippen LogP contribution < -0.4 is 5.43 Å². The van der Waals surface area contributed by atoms with Gasteiger partial charge in [-0.2, -0.15) is 5.10 Å². The summed E-state index contributed by atoms with van der Waals surface area (Å²) in [4.78, 5) is 11.4. The van der Waals surface area contributed by atoms with Crippen LogP contribution in [0.2, 0.25) is 0 Å². The second-order valence-corrected chi connectivity index (χ2v) is 3.00. The summed E-state index contributed by atoms with van der Waals surface area (Å²) in [6.45, 7) is 3.65. The van der Waals surface area contributed by atoms with Crippen molar-refractivity contribution < 1.29 is 4.79 Å². The minimum atomic E-state index is -0.186.